The maximum absolute atomic E-state index is 11.7. The van der Waals surface area contributed by atoms with Crippen LogP contribution < -0.4 is 10.2 Å². The topological polar surface area (TPSA) is 140 Å². The lowest BCUT2D eigenvalue weighted by molar-refractivity contribution is -0.562. The number of carbonyl (C=O) groups is 1. The quantitative estimate of drug-likeness (QED) is 0.459. The van der Waals surface area contributed by atoms with E-state index in [1.54, 1.807) is 24.6 Å². The number of furan rings is 1. The van der Waals surface area contributed by atoms with Gasteiger partial charge in [-0.2, -0.15) is 5.10 Å². The molecule has 0 fully saturated rings. The molecule has 10 heteroatoms. The summed E-state index contributed by atoms with van der Waals surface area (Å²) in [6.45, 7) is 3.92. The van der Waals surface area contributed by atoms with Gasteiger partial charge >= 0.3 is 11.9 Å². The molecule has 4 rings (SSSR count). The Morgan fingerprint density at radius 3 is 2.92 bits per heavy atom. The molecule has 0 amide bonds. The predicted octanol–water partition coefficient (Wildman–Crippen LogP) is 1.41. The highest BCUT2D eigenvalue weighted by Gasteiger charge is 2.28. The molecule has 4 N–H and O–H groups in total. The minimum absolute atomic E-state index is 0.147. The zero-order valence-corrected chi connectivity index (χ0v) is 14.2. The number of aromatic nitrogens is 6. The number of hydrogen-bond donors (Lipinski definition) is 3. The number of aromatic amines is 1. The van der Waals surface area contributed by atoms with Gasteiger partial charge in [0, 0.05) is 0 Å². The standard InChI is InChI=1S/C16H17N7O3/c1-8(2)6-10(15(24)25)22-14-9(7-18-22)13-19-12(11-4-3-5-26-11)21-23(13)16(17)20-14/h3-5,7-8,10H,6H2,1-2H3,(H3,17,18,19,20,21,24,25)/p+1. The van der Waals surface area contributed by atoms with Crippen molar-refractivity contribution in [3.05, 3.63) is 24.6 Å². The van der Waals surface area contributed by atoms with E-state index in [1.165, 1.54) is 9.20 Å². The molecule has 0 aromatic carbocycles. The van der Waals surface area contributed by atoms with Gasteiger partial charge in [0.1, 0.15) is 5.39 Å². The first-order valence-corrected chi connectivity index (χ1v) is 8.17. The highest BCUT2D eigenvalue weighted by molar-refractivity contribution is 5.88. The predicted molar refractivity (Wildman–Crippen MR) is 91.1 cm³/mol. The fourth-order valence-electron chi connectivity index (χ4n) is 2.97. The maximum atomic E-state index is 11.7. The summed E-state index contributed by atoms with van der Waals surface area (Å²) in [6.07, 6.45) is 3.53. The van der Waals surface area contributed by atoms with Crippen molar-refractivity contribution in [2.45, 2.75) is 26.3 Å². The number of carboxylic acid groups (broad SMARTS) is 1. The van der Waals surface area contributed by atoms with Gasteiger partial charge < -0.3 is 15.3 Å². The van der Waals surface area contributed by atoms with Crippen LogP contribution in [0, 0.1) is 5.92 Å². The smallest absolute Gasteiger partial charge is 0.369 e. The molecular weight excluding hydrogens is 338 g/mol. The van der Waals surface area contributed by atoms with E-state index in [4.69, 9.17) is 10.2 Å². The zero-order valence-electron chi connectivity index (χ0n) is 14.2. The lowest BCUT2D eigenvalue weighted by Crippen LogP contribution is -2.30. The molecular formula is C16H18N7O3+. The molecule has 0 aliphatic rings. The lowest BCUT2D eigenvalue weighted by atomic mass is 10.0. The van der Waals surface area contributed by atoms with Crippen LogP contribution in [-0.4, -0.2) is 35.9 Å². The van der Waals surface area contributed by atoms with Crippen LogP contribution in [0.25, 0.3) is 28.3 Å². The minimum Gasteiger partial charge on any atom is -0.480 e. The first-order chi connectivity index (χ1) is 12.5. The number of aliphatic carboxylic acids is 1. The third-order valence-corrected chi connectivity index (χ3v) is 4.14. The average molecular weight is 356 g/mol. The van der Waals surface area contributed by atoms with Crippen LogP contribution in [0.1, 0.15) is 26.3 Å². The van der Waals surface area contributed by atoms with Gasteiger partial charge in [-0.05, 0) is 24.5 Å². The van der Waals surface area contributed by atoms with Gasteiger partial charge in [0.2, 0.25) is 5.65 Å². The van der Waals surface area contributed by atoms with Crippen molar-refractivity contribution in [1.29, 1.82) is 0 Å². The van der Waals surface area contributed by atoms with Crippen molar-refractivity contribution < 1.29 is 18.8 Å². The molecule has 1 unspecified atom stereocenters. The van der Waals surface area contributed by atoms with Crippen LogP contribution in [0.3, 0.4) is 0 Å². The van der Waals surface area contributed by atoms with E-state index in [0.717, 1.165) is 0 Å². The maximum Gasteiger partial charge on any atom is 0.369 e. The summed E-state index contributed by atoms with van der Waals surface area (Å²) in [5, 5.41) is 17.5. The van der Waals surface area contributed by atoms with Gasteiger partial charge in [0.25, 0.3) is 11.5 Å². The summed E-state index contributed by atoms with van der Waals surface area (Å²) in [5.41, 5.74) is 6.94. The van der Waals surface area contributed by atoms with Gasteiger partial charge in [-0.1, -0.05) is 18.8 Å². The second-order valence-electron chi connectivity index (χ2n) is 6.49. The Balaban J connectivity index is 1.92. The summed E-state index contributed by atoms with van der Waals surface area (Å²) >= 11 is 0. The van der Waals surface area contributed by atoms with Crippen LogP contribution in [0.15, 0.2) is 29.0 Å². The number of anilines is 1. The summed E-state index contributed by atoms with van der Waals surface area (Å²) in [4.78, 5) is 20.6. The van der Waals surface area contributed by atoms with Crippen LogP contribution in [0.4, 0.5) is 5.95 Å². The molecule has 4 aromatic rings. The van der Waals surface area contributed by atoms with Gasteiger partial charge in [-0.3, -0.25) is 0 Å². The zero-order chi connectivity index (χ0) is 18.4. The number of nitrogens with zero attached hydrogens (tertiary/aromatic N) is 5. The number of nitrogen functional groups attached to an aromatic ring is 1. The van der Waals surface area contributed by atoms with E-state index in [0.29, 0.717) is 34.7 Å². The van der Waals surface area contributed by atoms with E-state index in [1.807, 2.05) is 13.8 Å². The number of rotatable bonds is 5. The number of fused-ring (bicyclic) bond motifs is 3. The molecule has 0 bridgehead atoms. The SMILES string of the molecule is CC(C)CC(C(=O)O)n1ncc2c1nc(N)[n+]1[nH]c(-c3ccco3)nc21. The molecule has 0 spiro atoms. The summed E-state index contributed by atoms with van der Waals surface area (Å²) in [5.74, 6) is 0.405. The second-order valence-corrected chi connectivity index (χ2v) is 6.49. The monoisotopic (exact) mass is 356 g/mol. The highest BCUT2D eigenvalue weighted by Crippen LogP contribution is 2.24. The molecule has 4 aromatic heterocycles. The highest BCUT2D eigenvalue weighted by atomic mass is 16.4. The van der Waals surface area contributed by atoms with Gasteiger partial charge in [-0.15, -0.1) is 9.50 Å². The molecule has 0 radical (unpaired) electrons. The van der Waals surface area contributed by atoms with E-state index < -0.39 is 12.0 Å². The van der Waals surface area contributed by atoms with E-state index in [9.17, 15) is 9.90 Å². The van der Waals surface area contributed by atoms with Crippen molar-refractivity contribution in [2.75, 3.05) is 5.73 Å². The van der Waals surface area contributed by atoms with Gasteiger partial charge in [0.15, 0.2) is 11.8 Å². The van der Waals surface area contributed by atoms with E-state index in [-0.39, 0.29) is 11.9 Å². The largest absolute Gasteiger partial charge is 0.480 e. The van der Waals surface area contributed by atoms with Crippen molar-refractivity contribution in [3.8, 4) is 11.6 Å². The van der Waals surface area contributed by atoms with Crippen LogP contribution in [0.5, 0.6) is 0 Å². The van der Waals surface area contributed by atoms with Gasteiger partial charge in [0.05, 0.1) is 12.5 Å². The molecule has 0 aliphatic heterocycles. The van der Waals surface area contributed by atoms with Gasteiger partial charge in [-0.25, -0.2) is 14.6 Å². The summed E-state index contributed by atoms with van der Waals surface area (Å²) in [7, 11) is 0. The Labute approximate surface area is 147 Å². The molecule has 1 atom stereocenters. The number of H-pyrrole nitrogens is 1. The molecule has 4 heterocycles. The van der Waals surface area contributed by atoms with Crippen LogP contribution in [-0.2, 0) is 4.79 Å². The molecule has 0 aliphatic carbocycles. The normalized spacial score (nSPS) is 13.0. The average Bonchev–Trinajstić information content (AvgIpc) is 3.30. The minimum atomic E-state index is -0.963. The van der Waals surface area contributed by atoms with Crippen molar-refractivity contribution >= 4 is 28.6 Å². The Hall–Kier alpha value is -3.43. The fraction of sp³-hybridized carbons (Fsp3) is 0.312. The second kappa shape index (κ2) is 5.83. The first kappa shape index (κ1) is 16.1. The molecule has 0 saturated carbocycles. The Morgan fingerprint density at radius 2 is 2.27 bits per heavy atom. The van der Waals surface area contributed by atoms with Crippen molar-refractivity contribution in [3.63, 3.8) is 0 Å². The van der Waals surface area contributed by atoms with Crippen LogP contribution in [0.2, 0.25) is 0 Å². The first-order valence-electron chi connectivity index (χ1n) is 8.17. The van der Waals surface area contributed by atoms with Crippen molar-refractivity contribution in [2.24, 2.45) is 5.92 Å². The fourth-order valence-corrected chi connectivity index (χ4v) is 2.97. The number of hydrogen-bond acceptors (Lipinski definition) is 6. The Bertz CT molecular complexity index is 1090. The third kappa shape index (κ3) is 2.46. The van der Waals surface area contributed by atoms with E-state index in [2.05, 4.69) is 20.2 Å². The molecule has 10 nitrogen and oxygen atoms in total. The third-order valence-electron chi connectivity index (χ3n) is 4.14. The molecule has 134 valence electrons. The summed E-state index contributed by atoms with van der Waals surface area (Å²) in [6, 6.07) is 2.70. The van der Waals surface area contributed by atoms with Crippen LogP contribution >= 0.6 is 0 Å². The Kier molecular flexibility index (Phi) is 3.60. The molecule has 26 heavy (non-hydrogen) atoms. The number of carboxylic acids is 1. The Morgan fingerprint density at radius 1 is 1.46 bits per heavy atom. The van der Waals surface area contributed by atoms with E-state index >= 15 is 0 Å². The number of nitrogens with one attached hydrogen (secondary N) is 1. The summed E-state index contributed by atoms with van der Waals surface area (Å²) < 4.78 is 8.27. The van der Waals surface area contributed by atoms with Crippen molar-refractivity contribution in [1.82, 2.24) is 24.8 Å². The number of nitrogens with two attached hydrogens (primary N) is 1. The lowest BCUT2D eigenvalue weighted by Gasteiger charge is -2.14. The molecule has 0 saturated heterocycles.